The topological polar surface area (TPSA) is 84.9 Å². The van der Waals surface area contributed by atoms with Crippen molar-refractivity contribution in [3.8, 4) is 11.5 Å². The van der Waals surface area contributed by atoms with Crippen molar-refractivity contribution in [3.05, 3.63) is 52.5 Å². The molecule has 1 fully saturated rings. The van der Waals surface area contributed by atoms with E-state index >= 15 is 0 Å². The van der Waals surface area contributed by atoms with Crippen LogP contribution in [0.4, 0.5) is 5.69 Å². The highest BCUT2D eigenvalue weighted by Gasteiger charge is 2.27. The van der Waals surface area contributed by atoms with E-state index in [0.29, 0.717) is 16.5 Å². The Labute approximate surface area is 207 Å². The van der Waals surface area contributed by atoms with Crippen LogP contribution in [0.5, 0.6) is 11.5 Å². The number of hydrogen-bond acceptors (Lipinski definition) is 5. The quantitative estimate of drug-likeness (QED) is 0.532. The van der Waals surface area contributed by atoms with Gasteiger partial charge in [-0.1, -0.05) is 55.8 Å². The van der Waals surface area contributed by atoms with E-state index in [-0.39, 0.29) is 29.7 Å². The van der Waals surface area contributed by atoms with Crippen LogP contribution in [-0.2, 0) is 16.6 Å². The van der Waals surface area contributed by atoms with Crippen molar-refractivity contribution in [2.24, 2.45) is 0 Å². The van der Waals surface area contributed by atoms with Gasteiger partial charge in [0.15, 0.2) is 11.5 Å². The monoisotopic (exact) mass is 508 g/mol. The minimum absolute atomic E-state index is 0.0369. The first-order chi connectivity index (χ1) is 16.2. The molecule has 0 radical (unpaired) electrons. The van der Waals surface area contributed by atoms with Gasteiger partial charge in [-0.05, 0) is 36.6 Å². The molecule has 34 heavy (non-hydrogen) atoms. The van der Waals surface area contributed by atoms with Gasteiger partial charge in [-0.25, -0.2) is 8.42 Å². The number of anilines is 1. The molecule has 0 bridgehead atoms. The number of halogens is 1. The van der Waals surface area contributed by atoms with E-state index in [4.69, 9.17) is 21.1 Å². The summed E-state index contributed by atoms with van der Waals surface area (Å²) in [5.41, 5.74) is 1.19. The fourth-order valence-corrected chi connectivity index (χ4v) is 5.27. The number of nitrogens with one attached hydrogen (secondary N) is 1. The highest BCUT2D eigenvalue weighted by Crippen LogP contribution is 2.37. The van der Waals surface area contributed by atoms with Gasteiger partial charge in [0.25, 0.3) is 5.91 Å². The molecule has 0 aromatic heterocycles. The van der Waals surface area contributed by atoms with Gasteiger partial charge in [0.05, 0.1) is 38.3 Å². The molecule has 186 valence electrons. The van der Waals surface area contributed by atoms with Crippen molar-refractivity contribution < 1.29 is 22.7 Å². The number of benzene rings is 2. The number of carbonyl (C=O) groups excluding carboxylic acids is 1. The summed E-state index contributed by atoms with van der Waals surface area (Å²) in [7, 11) is -0.792. The molecule has 1 N–H and O–H groups in total. The summed E-state index contributed by atoms with van der Waals surface area (Å²) in [6, 6.07) is 10.1. The lowest BCUT2D eigenvalue weighted by molar-refractivity contribution is 0.0930. The van der Waals surface area contributed by atoms with Crippen LogP contribution in [0.25, 0.3) is 0 Å². The van der Waals surface area contributed by atoms with Crippen LogP contribution >= 0.6 is 11.6 Å². The smallest absolute Gasteiger partial charge is 0.253 e. The summed E-state index contributed by atoms with van der Waals surface area (Å²) in [6.07, 6.45) is 8.63. The Bertz CT molecular complexity index is 1080. The number of methoxy groups -OCH3 is 2. The lowest BCUT2D eigenvalue weighted by Crippen LogP contribution is -2.37. The maximum absolute atomic E-state index is 13.5. The number of ether oxygens (including phenoxy) is 2. The third-order valence-electron chi connectivity index (χ3n) is 6.10. The minimum Gasteiger partial charge on any atom is -0.493 e. The first-order valence-electron chi connectivity index (χ1n) is 11.5. The third-order valence-corrected chi connectivity index (χ3v) is 7.47. The molecule has 1 amide bonds. The number of carbonyl (C=O) groups is 1. The summed E-state index contributed by atoms with van der Waals surface area (Å²) >= 11 is 5.99. The number of sulfonamides is 1. The fraction of sp³-hybridized carbons (Fsp3) is 0.480. The normalized spacial score (nSPS) is 15.2. The molecule has 9 heteroatoms. The minimum atomic E-state index is -3.75. The molecule has 1 saturated carbocycles. The van der Waals surface area contributed by atoms with E-state index < -0.39 is 10.0 Å². The van der Waals surface area contributed by atoms with Crippen molar-refractivity contribution in [2.45, 2.75) is 57.5 Å². The van der Waals surface area contributed by atoms with Gasteiger partial charge in [-0.2, -0.15) is 0 Å². The van der Waals surface area contributed by atoms with Gasteiger partial charge in [-0.3, -0.25) is 9.10 Å². The maximum atomic E-state index is 13.5. The van der Waals surface area contributed by atoms with Crippen LogP contribution in [0.1, 0.15) is 60.9 Å². The van der Waals surface area contributed by atoms with Gasteiger partial charge < -0.3 is 14.8 Å². The second-order valence-corrected chi connectivity index (χ2v) is 11.0. The lowest BCUT2D eigenvalue weighted by atomic mass is 9.96. The molecular weight excluding hydrogens is 476 g/mol. The highest BCUT2D eigenvalue weighted by molar-refractivity contribution is 7.92. The molecule has 0 heterocycles. The Hall–Kier alpha value is -2.45. The average Bonchev–Trinajstić information content (AvgIpc) is 2.78. The molecule has 0 atom stereocenters. The zero-order chi connectivity index (χ0) is 24.7. The maximum Gasteiger partial charge on any atom is 0.253 e. The van der Waals surface area contributed by atoms with Crippen LogP contribution < -0.4 is 19.1 Å². The summed E-state index contributed by atoms with van der Waals surface area (Å²) < 4.78 is 37.9. The molecule has 1 aliphatic carbocycles. The van der Waals surface area contributed by atoms with Gasteiger partial charge in [-0.15, -0.1) is 0 Å². The average molecular weight is 509 g/mol. The predicted molar refractivity (Wildman–Crippen MR) is 136 cm³/mol. The summed E-state index contributed by atoms with van der Waals surface area (Å²) in [6.45, 7) is 0.0369. The third kappa shape index (κ3) is 6.79. The SMILES string of the molecule is COc1cc(C(=O)NC2CCCCCCC2)c(N(Cc2ccc(Cl)cc2)S(C)(=O)=O)cc1OC. The summed E-state index contributed by atoms with van der Waals surface area (Å²) in [5.74, 6) is 0.366. The van der Waals surface area contributed by atoms with E-state index in [0.717, 1.165) is 50.3 Å². The molecule has 0 aliphatic heterocycles. The highest BCUT2D eigenvalue weighted by atomic mass is 35.5. The Morgan fingerprint density at radius 3 is 2.12 bits per heavy atom. The predicted octanol–water partition coefficient (Wildman–Crippen LogP) is 5.17. The molecule has 2 aromatic carbocycles. The van der Waals surface area contributed by atoms with E-state index in [9.17, 15) is 13.2 Å². The first kappa shape index (κ1) is 26.2. The van der Waals surface area contributed by atoms with Crippen LogP contribution in [0, 0.1) is 0 Å². The zero-order valence-electron chi connectivity index (χ0n) is 20.0. The van der Waals surface area contributed by atoms with Gasteiger partial charge in [0.2, 0.25) is 10.0 Å². The molecule has 0 spiro atoms. The Morgan fingerprint density at radius 2 is 1.56 bits per heavy atom. The van der Waals surface area contributed by atoms with Crippen LogP contribution in [0.15, 0.2) is 36.4 Å². The second-order valence-electron chi connectivity index (χ2n) is 8.64. The standard InChI is InChI=1S/C25H33ClN2O5S/c1-32-23-15-21(25(29)27-20-9-7-5-4-6-8-10-20)22(16-24(23)33-2)28(34(3,30)31)17-18-11-13-19(26)14-12-18/h11-16,20H,4-10,17H2,1-3H3,(H,27,29). The Kier molecular flexibility index (Phi) is 9.08. The van der Waals surface area contributed by atoms with E-state index in [1.54, 1.807) is 36.4 Å². The molecule has 0 saturated heterocycles. The lowest BCUT2D eigenvalue weighted by Gasteiger charge is -2.27. The van der Waals surface area contributed by atoms with E-state index in [1.807, 2.05) is 0 Å². The largest absolute Gasteiger partial charge is 0.493 e. The number of rotatable bonds is 8. The summed E-state index contributed by atoms with van der Waals surface area (Å²) in [5, 5.41) is 3.69. The van der Waals surface area contributed by atoms with Crippen molar-refractivity contribution >= 4 is 33.2 Å². The van der Waals surface area contributed by atoms with Gasteiger partial charge >= 0.3 is 0 Å². The van der Waals surface area contributed by atoms with Crippen LogP contribution in [-0.4, -0.2) is 40.8 Å². The van der Waals surface area contributed by atoms with Crippen molar-refractivity contribution in [1.29, 1.82) is 0 Å². The molecule has 1 aliphatic rings. The second kappa shape index (κ2) is 11.8. The zero-order valence-corrected chi connectivity index (χ0v) is 21.5. The molecule has 0 unspecified atom stereocenters. The van der Waals surface area contributed by atoms with E-state index in [1.165, 1.54) is 24.9 Å². The first-order valence-corrected chi connectivity index (χ1v) is 13.7. The van der Waals surface area contributed by atoms with Crippen molar-refractivity contribution in [1.82, 2.24) is 5.32 Å². The van der Waals surface area contributed by atoms with E-state index in [2.05, 4.69) is 5.32 Å². The Balaban J connectivity index is 2.03. The van der Waals surface area contributed by atoms with Gasteiger partial charge in [0.1, 0.15) is 0 Å². The van der Waals surface area contributed by atoms with Crippen LogP contribution in [0.3, 0.4) is 0 Å². The number of nitrogens with zero attached hydrogens (tertiary/aromatic N) is 1. The number of hydrogen-bond donors (Lipinski definition) is 1. The molecule has 3 rings (SSSR count). The van der Waals surface area contributed by atoms with Gasteiger partial charge in [0, 0.05) is 17.1 Å². The fourth-order valence-electron chi connectivity index (χ4n) is 4.26. The van der Waals surface area contributed by atoms with Crippen molar-refractivity contribution in [3.63, 3.8) is 0 Å². The summed E-state index contributed by atoms with van der Waals surface area (Å²) in [4.78, 5) is 13.5. The van der Waals surface area contributed by atoms with Crippen LogP contribution in [0.2, 0.25) is 5.02 Å². The number of amides is 1. The molecular formula is C25H33ClN2O5S. The van der Waals surface area contributed by atoms with Crippen molar-refractivity contribution in [2.75, 3.05) is 24.8 Å². The Morgan fingerprint density at radius 1 is 1.00 bits per heavy atom. The molecule has 2 aromatic rings. The molecule has 7 nitrogen and oxygen atoms in total.